The van der Waals surface area contributed by atoms with Crippen LogP contribution in [0.5, 0.6) is 0 Å². The minimum atomic E-state index is -3.45. The van der Waals surface area contributed by atoms with Crippen molar-refractivity contribution in [3.8, 4) is 0 Å². The first-order valence-corrected chi connectivity index (χ1v) is 10.1. The maximum absolute atomic E-state index is 12.4. The number of hydrogen-bond donors (Lipinski definition) is 2. The molecule has 0 spiro atoms. The molecule has 0 aliphatic carbocycles. The summed E-state index contributed by atoms with van der Waals surface area (Å²) in [4.78, 5) is 2.05. The quantitative estimate of drug-likeness (QED) is 0.722. The van der Waals surface area contributed by atoms with Crippen molar-refractivity contribution >= 4 is 32.7 Å². The molecule has 0 fully saturated rings. The zero-order valence-electron chi connectivity index (χ0n) is 12.1. The lowest BCUT2D eigenvalue weighted by Crippen LogP contribution is -2.25. The molecule has 2 N–H and O–H groups in total. The van der Waals surface area contributed by atoms with Crippen molar-refractivity contribution in [1.82, 2.24) is 10.0 Å². The molecule has 2 aromatic rings. The van der Waals surface area contributed by atoms with Crippen LogP contribution in [0.4, 0.5) is 0 Å². The Morgan fingerprint density at radius 2 is 2.10 bits per heavy atom. The molecule has 1 atom stereocenters. The molecule has 0 aromatic carbocycles. The third-order valence-corrected chi connectivity index (χ3v) is 7.10. The average Bonchev–Trinajstić information content (AvgIpc) is 3.10. The zero-order valence-corrected chi connectivity index (χ0v) is 14.6. The van der Waals surface area contributed by atoms with Crippen molar-refractivity contribution < 1.29 is 8.42 Å². The molecule has 2 aromatic heterocycles. The first-order chi connectivity index (χ1) is 10.0. The minimum absolute atomic E-state index is 0.209. The second kappa shape index (κ2) is 7.51. The van der Waals surface area contributed by atoms with Gasteiger partial charge in [0.1, 0.15) is 4.21 Å². The van der Waals surface area contributed by atoms with Gasteiger partial charge in [-0.15, -0.1) is 22.7 Å². The Morgan fingerprint density at radius 3 is 2.76 bits per heavy atom. The van der Waals surface area contributed by atoms with E-state index in [1.165, 1.54) is 11.3 Å². The van der Waals surface area contributed by atoms with E-state index in [1.54, 1.807) is 17.4 Å². The number of hydrogen-bond acceptors (Lipinski definition) is 5. The van der Waals surface area contributed by atoms with E-state index in [0.717, 1.165) is 22.7 Å². The standard InChI is InChI=1S/C14H20N2O2S3/c1-3-8-15-10-12-6-7-14(20-12)21(17,18)16-11(2)13-5-4-9-19-13/h4-7,9,11,15-16H,3,8,10H2,1-2H3. The van der Waals surface area contributed by atoms with Gasteiger partial charge in [0.25, 0.3) is 10.0 Å². The molecule has 21 heavy (non-hydrogen) atoms. The van der Waals surface area contributed by atoms with Gasteiger partial charge < -0.3 is 5.32 Å². The molecule has 2 heterocycles. The van der Waals surface area contributed by atoms with Crippen molar-refractivity contribution in [2.24, 2.45) is 0 Å². The van der Waals surface area contributed by atoms with E-state index in [9.17, 15) is 8.42 Å². The summed E-state index contributed by atoms with van der Waals surface area (Å²) < 4.78 is 27.8. The molecule has 0 bridgehead atoms. The van der Waals surface area contributed by atoms with Crippen molar-refractivity contribution in [1.29, 1.82) is 0 Å². The maximum Gasteiger partial charge on any atom is 0.250 e. The Hall–Kier alpha value is -0.730. The average molecular weight is 345 g/mol. The summed E-state index contributed by atoms with van der Waals surface area (Å²) in [6.45, 7) is 5.62. The summed E-state index contributed by atoms with van der Waals surface area (Å²) in [5.74, 6) is 0. The highest BCUT2D eigenvalue weighted by Gasteiger charge is 2.20. The van der Waals surface area contributed by atoms with Crippen LogP contribution in [-0.2, 0) is 16.6 Å². The molecule has 0 aliphatic rings. The molecule has 0 radical (unpaired) electrons. The van der Waals surface area contributed by atoms with Gasteiger partial charge in [0.2, 0.25) is 0 Å². The van der Waals surface area contributed by atoms with Gasteiger partial charge >= 0.3 is 0 Å². The Kier molecular flexibility index (Phi) is 5.95. The van der Waals surface area contributed by atoms with Crippen LogP contribution in [0.3, 0.4) is 0 Å². The highest BCUT2D eigenvalue weighted by molar-refractivity contribution is 7.91. The van der Waals surface area contributed by atoms with Crippen LogP contribution < -0.4 is 10.0 Å². The lowest BCUT2D eigenvalue weighted by atomic mass is 10.3. The molecule has 0 amide bonds. The van der Waals surface area contributed by atoms with Crippen LogP contribution in [0.25, 0.3) is 0 Å². The summed E-state index contributed by atoms with van der Waals surface area (Å²) in [5, 5.41) is 5.22. The fourth-order valence-electron chi connectivity index (χ4n) is 1.87. The SMILES string of the molecule is CCCNCc1ccc(S(=O)(=O)NC(C)c2cccs2)s1. The van der Waals surface area contributed by atoms with Crippen molar-refractivity contribution in [2.45, 2.75) is 37.1 Å². The van der Waals surface area contributed by atoms with E-state index in [1.807, 2.05) is 30.5 Å². The maximum atomic E-state index is 12.4. The number of sulfonamides is 1. The molecule has 7 heteroatoms. The number of nitrogens with one attached hydrogen (secondary N) is 2. The van der Waals surface area contributed by atoms with E-state index >= 15 is 0 Å². The van der Waals surface area contributed by atoms with E-state index in [0.29, 0.717) is 10.8 Å². The fraction of sp³-hybridized carbons (Fsp3) is 0.429. The molecule has 0 aliphatic heterocycles. The normalized spacial score (nSPS) is 13.4. The van der Waals surface area contributed by atoms with Gasteiger partial charge in [-0.25, -0.2) is 13.1 Å². The number of rotatable bonds is 8. The Morgan fingerprint density at radius 1 is 1.29 bits per heavy atom. The fourth-order valence-corrected chi connectivity index (χ4v) is 5.25. The van der Waals surface area contributed by atoms with Crippen LogP contribution in [-0.4, -0.2) is 15.0 Å². The van der Waals surface area contributed by atoms with Crippen molar-refractivity contribution in [3.05, 3.63) is 39.4 Å². The first-order valence-electron chi connectivity index (χ1n) is 6.88. The second-order valence-electron chi connectivity index (χ2n) is 4.76. The highest BCUT2D eigenvalue weighted by Crippen LogP contribution is 2.25. The van der Waals surface area contributed by atoms with Gasteiger partial charge in [-0.2, -0.15) is 0 Å². The number of thiophene rings is 2. The Bertz CT molecular complexity index is 648. The van der Waals surface area contributed by atoms with Crippen LogP contribution in [0.1, 0.15) is 36.1 Å². The van der Waals surface area contributed by atoms with E-state index in [4.69, 9.17) is 0 Å². The summed E-state index contributed by atoms with van der Waals surface area (Å²) in [6.07, 6.45) is 1.07. The van der Waals surface area contributed by atoms with E-state index < -0.39 is 10.0 Å². The first kappa shape index (κ1) is 16.6. The van der Waals surface area contributed by atoms with Gasteiger partial charge in [0.15, 0.2) is 0 Å². The topological polar surface area (TPSA) is 58.2 Å². The zero-order chi connectivity index (χ0) is 15.3. The largest absolute Gasteiger partial charge is 0.312 e. The van der Waals surface area contributed by atoms with Gasteiger partial charge in [-0.1, -0.05) is 13.0 Å². The molecular formula is C14H20N2O2S3. The summed E-state index contributed by atoms with van der Waals surface area (Å²) in [7, 11) is -3.45. The molecule has 0 saturated heterocycles. The summed E-state index contributed by atoms with van der Waals surface area (Å²) >= 11 is 2.87. The van der Waals surface area contributed by atoms with Gasteiger partial charge in [-0.05, 0) is 43.5 Å². The monoisotopic (exact) mass is 344 g/mol. The smallest absolute Gasteiger partial charge is 0.250 e. The molecule has 116 valence electrons. The third kappa shape index (κ3) is 4.62. The van der Waals surface area contributed by atoms with Gasteiger partial charge in [-0.3, -0.25) is 0 Å². The van der Waals surface area contributed by atoms with Crippen molar-refractivity contribution in [3.63, 3.8) is 0 Å². The van der Waals surface area contributed by atoms with E-state index in [-0.39, 0.29) is 6.04 Å². The molecule has 0 saturated carbocycles. The lowest BCUT2D eigenvalue weighted by Gasteiger charge is -2.11. The molecular weight excluding hydrogens is 324 g/mol. The van der Waals surface area contributed by atoms with Crippen LogP contribution >= 0.6 is 22.7 Å². The van der Waals surface area contributed by atoms with Crippen LogP contribution in [0.2, 0.25) is 0 Å². The summed E-state index contributed by atoms with van der Waals surface area (Å²) in [6, 6.07) is 7.20. The summed E-state index contributed by atoms with van der Waals surface area (Å²) in [5.41, 5.74) is 0. The van der Waals surface area contributed by atoms with Crippen LogP contribution in [0.15, 0.2) is 33.9 Å². The lowest BCUT2D eigenvalue weighted by molar-refractivity contribution is 0.570. The van der Waals surface area contributed by atoms with Crippen molar-refractivity contribution in [2.75, 3.05) is 6.54 Å². The second-order valence-corrected chi connectivity index (χ2v) is 8.84. The predicted molar refractivity (Wildman–Crippen MR) is 89.4 cm³/mol. The van der Waals surface area contributed by atoms with E-state index in [2.05, 4.69) is 17.0 Å². The molecule has 2 rings (SSSR count). The third-order valence-electron chi connectivity index (χ3n) is 2.93. The predicted octanol–water partition coefficient (Wildman–Crippen LogP) is 3.35. The Balaban J connectivity index is 2.02. The van der Waals surface area contributed by atoms with Crippen LogP contribution in [0, 0.1) is 0 Å². The van der Waals surface area contributed by atoms with Gasteiger partial charge in [0.05, 0.1) is 6.04 Å². The highest BCUT2D eigenvalue weighted by atomic mass is 32.2. The Labute approximate surface area is 134 Å². The molecule has 4 nitrogen and oxygen atoms in total. The van der Waals surface area contributed by atoms with Gasteiger partial charge in [0, 0.05) is 16.3 Å². The minimum Gasteiger partial charge on any atom is -0.312 e. The molecule has 1 unspecified atom stereocenters.